The summed E-state index contributed by atoms with van der Waals surface area (Å²) in [4.78, 5) is 5.02. The molecule has 5 nitrogen and oxygen atoms in total. The zero-order valence-corrected chi connectivity index (χ0v) is 58.6. The standard InChI is InChI=1S/C94H81BN4O/c1-91(2,3)63-31-27-30-59(48-63)62-52-81-87(72-36-21-25-40-78(72)96(81)67-32-17-14-18-33-67)82(53-62)98-80-57-68(97-76-38-23-19-34-70(76)71-35-20-24-39-77(71)97)43-46-75(80)95-74-45-42-60(61-49-64(92(4,5)6)54-65(50-61)93(7,8)9)51-79(74)99(84-56-66(94(10,11)12)55-83(98)89(84)95)90-69(58-28-15-13-16-29-58)44-47-86-88(90)73-37-22-26-41-85(73)100-86/h13-57H,1-12H3/i19D,20D,23D,24D,34D,35D,38D,39D. The van der Waals surface area contributed by atoms with E-state index in [-0.39, 0.29) is 50.1 Å². The van der Waals surface area contributed by atoms with Crippen molar-refractivity contribution in [3.05, 3.63) is 295 Å². The van der Waals surface area contributed by atoms with E-state index in [4.69, 9.17) is 7.16 Å². The van der Waals surface area contributed by atoms with Crippen molar-refractivity contribution in [2.24, 2.45) is 0 Å². The van der Waals surface area contributed by atoms with Crippen LogP contribution in [0.25, 0.3) is 110 Å². The molecule has 5 heterocycles. The van der Waals surface area contributed by atoms with Gasteiger partial charge >= 0.3 is 0 Å². The fraction of sp³-hybridized carbons (Fsp3) is 0.170. The van der Waals surface area contributed by atoms with Gasteiger partial charge in [-0.2, -0.15) is 0 Å². The number of anilines is 6. The summed E-state index contributed by atoms with van der Waals surface area (Å²) in [7, 11) is 0. The molecule has 2 aliphatic heterocycles. The van der Waals surface area contributed by atoms with Gasteiger partial charge in [-0.25, -0.2) is 0 Å². The molecule has 0 radical (unpaired) electrons. The lowest BCUT2D eigenvalue weighted by molar-refractivity contribution is 0.569. The van der Waals surface area contributed by atoms with E-state index in [1.165, 1.54) is 16.7 Å². The molecule has 0 aliphatic carbocycles. The van der Waals surface area contributed by atoms with Gasteiger partial charge in [-0.3, -0.25) is 0 Å². The Morgan fingerprint density at radius 3 is 1.53 bits per heavy atom. The second-order valence-corrected chi connectivity index (χ2v) is 31.6. The van der Waals surface area contributed by atoms with Crippen LogP contribution in [0.3, 0.4) is 0 Å². The second-order valence-electron chi connectivity index (χ2n) is 31.6. The minimum Gasteiger partial charge on any atom is -0.456 e. The van der Waals surface area contributed by atoms with E-state index in [1.54, 1.807) is 4.57 Å². The Hall–Kier alpha value is -11.1. The third-order valence-corrected chi connectivity index (χ3v) is 21.1. The summed E-state index contributed by atoms with van der Waals surface area (Å²) in [5, 5.41) is 3.99. The highest BCUT2D eigenvalue weighted by Crippen LogP contribution is 2.55. The quantitative estimate of drug-likeness (QED) is 0.149. The molecule has 0 unspecified atom stereocenters. The van der Waals surface area contributed by atoms with Crippen molar-refractivity contribution in [1.82, 2.24) is 9.13 Å². The van der Waals surface area contributed by atoms with E-state index < -0.39 is 48.4 Å². The van der Waals surface area contributed by atoms with Crippen molar-refractivity contribution in [2.45, 2.75) is 105 Å². The Kier molecular flexibility index (Phi) is 11.8. The Morgan fingerprint density at radius 2 is 0.850 bits per heavy atom. The minimum absolute atomic E-state index is 0.0121. The topological polar surface area (TPSA) is 29.5 Å². The molecule has 0 spiro atoms. The summed E-state index contributed by atoms with van der Waals surface area (Å²) in [5.41, 5.74) is 23.5. The molecule has 0 atom stereocenters. The molecule has 0 saturated heterocycles. The number of hydrogen-bond donors (Lipinski definition) is 0. The van der Waals surface area contributed by atoms with Gasteiger partial charge in [-0.05, 0) is 179 Å². The average Bonchev–Trinajstić information content (AvgIpc) is 0.830. The number of aromatic nitrogens is 2. The molecule has 0 bridgehead atoms. The van der Waals surface area contributed by atoms with Crippen molar-refractivity contribution in [3.8, 4) is 44.8 Å². The Bertz CT molecular complexity index is 6430. The van der Waals surface area contributed by atoms with Gasteiger partial charge in [0, 0.05) is 66.6 Å². The van der Waals surface area contributed by atoms with Gasteiger partial charge in [0.25, 0.3) is 6.71 Å². The number of hydrogen-bond acceptors (Lipinski definition) is 3. The largest absolute Gasteiger partial charge is 0.456 e. The molecule has 100 heavy (non-hydrogen) atoms. The maximum absolute atomic E-state index is 9.87. The van der Waals surface area contributed by atoms with E-state index in [9.17, 15) is 8.22 Å². The Balaban J connectivity index is 1.05. The third-order valence-electron chi connectivity index (χ3n) is 21.1. The lowest BCUT2D eigenvalue weighted by Crippen LogP contribution is -2.61. The molecule has 0 fully saturated rings. The molecule has 6 heteroatoms. The van der Waals surface area contributed by atoms with Crippen LogP contribution in [-0.2, 0) is 21.7 Å². The maximum Gasteiger partial charge on any atom is 0.252 e. The van der Waals surface area contributed by atoms with Crippen molar-refractivity contribution in [2.75, 3.05) is 9.80 Å². The summed E-state index contributed by atoms with van der Waals surface area (Å²) in [6.07, 6.45) is 0. The molecule has 0 N–H and O–H groups in total. The van der Waals surface area contributed by atoms with Crippen LogP contribution < -0.4 is 26.2 Å². The van der Waals surface area contributed by atoms with Crippen LogP contribution in [0.4, 0.5) is 34.1 Å². The number of benzene rings is 13. The average molecular weight is 1300 g/mol. The number of nitrogens with zero attached hydrogens (tertiary/aromatic N) is 4. The van der Waals surface area contributed by atoms with Gasteiger partial charge in [-0.1, -0.05) is 265 Å². The number of rotatable bonds is 7. The van der Waals surface area contributed by atoms with E-state index in [0.29, 0.717) is 5.69 Å². The Labute approximate surface area is 598 Å². The molecule has 0 amide bonds. The number of furan rings is 1. The number of fused-ring (bicyclic) bond motifs is 13. The lowest BCUT2D eigenvalue weighted by Gasteiger charge is -2.46. The predicted octanol–water partition coefficient (Wildman–Crippen LogP) is 24.1. The lowest BCUT2D eigenvalue weighted by atomic mass is 9.33. The Morgan fingerprint density at radius 1 is 0.320 bits per heavy atom. The van der Waals surface area contributed by atoms with Crippen LogP contribution in [0.2, 0.25) is 0 Å². The first-order chi connectivity index (χ1) is 51.5. The monoisotopic (exact) mass is 1300 g/mol. The maximum atomic E-state index is 9.87. The van der Waals surface area contributed by atoms with Crippen LogP contribution in [0.5, 0.6) is 0 Å². The minimum atomic E-state index is -0.498. The van der Waals surface area contributed by atoms with Gasteiger partial charge < -0.3 is 23.4 Å². The summed E-state index contributed by atoms with van der Waals surface area (Å²) < 4.78 is 86.8. The normalized spacial score (nSPS) is 14.5. The zero-order chi connectivity index (χ0) is 75.4. The molecule has 16 aromatic rings. The van der Waals surface area contributed by atoms with Crippen molar-refractivity contribution < 1.29 is 15.4 Å². The molecule has 3 aromatic heterocycles. The van der Waals surface area contributed by atoms with Gasteiger partial charge in [0.15, 0.2) is 0 Å². The summed E-state index contributed by atoms with van der Waals surface area (Å²) in [6.45, 7) is 26.8. The van der Waals surface area contributed by atoms with Crippen LogP contribution in [0.1, 0.15) is 116 Å². The molecule has 486 valence electrons. The van der Waals surface area contributed by atoms with Crippen LogP contribution in [-0.4, -0.2) is 15.8 Å². The fourth-order valence-corrected chi connectivity index (χ4v) is 15.9. The zero-order valence-electron chi connectivity index (χ0n) is 66.6. The van der Waals surface area contributed by atoms with E-state index in [2.05, 4.69) is 310 Å². The highest BCUT2D eigenvalue weighted by molar-refractivity contribution is 7.00. The van der Waals surface area contributed by atoms with E-state index in [1.807, 2.05) is 12.1 Å². The molecular weight excluding hydrogens is 1210 g/mol. The number of para-hydroxylation sites is 5. The van der Waals surface area contributed by atoms with Crippen LogP contribution in [0, 0.1) is 0 Å². The smallest absolute Gasteiger partial charge is 0.252 e. The molecule has 13 aromatic carbocycles. The van der Waals surface area contributed by atoms with Crippen LogP contribution in [0.15, 0.2) is 277 Å². The van der Waals surface area contributed by atoms with Gasteiger partial charge in [-0.15, -0.1) is 0 Å². The third kappa shape index (κ3) is 9.65. The predicted molar refractivity (Wildman–Crippen MR) is 428 cm³/mol. The second kappa shape index (κ2) is 22.2. The van der Waals surface area contributed by atoms with Crippen LogP contribution >= 0.6 is 0 Å². The van der Waals surface area contributed by atoms with E-state index >= 15 is 0 Å². The molecule has 0 saturated carbocycles. The highest BCUT2D eigenvalue weighted by atomic mass is 16.3. The molecular formula is C94H81BN4O. The first-order valence-corrected chi connectivity index (χ1v) is 34.9. The van der Waals surface area contributed by atoms with Crippen molar-refractivity contribution >= 4 is 123 Å². The summed E-state index contributed by atoms with van der Waals surface area (Å²) >= 11 is 0. The highest BCUT2D eigenvalue weighted by Gasteiger charge is 2.46. The molecule has 18 rings (SSSR count). The first kappa shape index (κ1) is 53.0. The SMILES string of the molecule is [2H]c1c([2H])c([2H])c2c(c1[2H])c1c([2H])c([2H])c([2H])c([2H])c1n2-c1ccc2c(c1)N(c1cc(-c3cccc(C(C)(C)C)c3)cc3c1c1ccccc1n3-c1ccccc1)c1cc(C(C)(C)C)cc3c1B2c1ccc(-c2cc(C(C)(C)C)cc(C(C)(C)C)c2)cc1N3c1c(-c2ccccc2)ccc2oc3ccccc3c12. The van der Waals surface area contributed by atoms with Gasteiger partial charge in [0.05, 0.1) is 49.8 Å². The fourth-order valence-electron chi connectivity index (χ4n) is 15.9. The van der Waals surface area contributed by atoms with Gasteiger partial charge in [0.1, 0.15) is 11.2 Å². The first-order valence-electron chi connectivity index (χ1n) is 38.9. The summed E-state index contributed by atoms with van der Waals surface area (Å²) in [6, 6.07) is 78.1. The van der Waals surface area contributed by atoms with Gasteiger partial charge in [0.2, 0.25) is 0 Å². The van der Waals surface area contributed by atoms with Crippen molar-refractivity contribution in [1.29, 1.82) is 0 Å². The van der Waals surface area contributed by atoms with E-state index in [0.717, 1.165) is 139 Å². The molecule has 2 aliphatic rings. The summed E-state index contributed by atoms with van der Waals surface area (Å²) in [5.74, 6) is 0. The van der Waals surface area contributed by atoms with Crippen molar-refractivity contribution in [3.63, 3.8) is 0 Å².